The third kappa shape index (κ3) is 4.44. The molecule has 1 aliphatic rings. The monoisotopic (exact) mass is 382 g/mol. The fourth-order valence-corrected chi connectivity index (χ4v) is 3.86. The molecule has 0 radical (unpaired) electrons. The third-order valence-electron chi connectivity index (χ3n) is 4.66. The number of carbonyl (C=O) groups excluding carboxylic acids is 1. The normalized spacial score (nSPS) is 15.7. The number of carbonyl (C=O) groups is 1. The first-order valence-corrected chi connectivity index (χ1v) is 9.86. The van der Waals surface area contributed by atoms with Gasteiger partial charge in [0.2, 0.25) is 0 Å². The molecule has 1 fully saturated rings. The summed E-state index contributed by atoms with van der Waals surface area (Å²) in [5.74, 6) is 0.467. The summed E-state index contributed by atoms with van der Waals surface area (Å²) >= 11 is 1.40. The quantitative estimate of drug-likeness (QED) is 0.733. The van der Waals surface area contributed by atoms with Gasteiger partial charge < -0.3 is 14.6 Å². The maximum Gasteiger partial charge on any atom is 0.275 e. The standard InChI is InChI=1S/C20H22N4O2S/c1-23-7-9-24(10-8-23)13-15-4-2-5-16(12-15)21-19(25)17-14-27-20(22-17)18-6-3-11-26-18/h2-6,11-12,14H,7-10,13H2,1H3,(H,21,25). The van der Waals surface area contributed by atoms with Crippen LogP contribution in [0.5, 0.6) is 0 Å². The van der Waals surface area contributed by atoms with Crippen LogP contribution >= 0.6 is 11.3 Å². The van der Waals surface area contributed by atoms with Crippen LogP contribution in [0.25, 0.3) is 10.8 Å². The summed E-state index contributed by atoms with van der Waals surface area (Å²) in [5.41, 5.74) is 2.39. The minimum absolute atomic E-state index is 0.208. The molecule has 1 saturated heterocycles. The molecule has 1 amide bonds. The number of thiazole rings is 1. The second kappa shape index (κ2) is 8.04. The van der Waals surface area contributed by atoms with E-state index in [0.717, 1.165) is 38.4 Å². The highest BCUT2D eigenvalue weighted by atomic mass is 32.1. The number of anilines is 1. The first-order chi connectivity index (χ1) is 13.2. The molecule has 27 heavy (non-hydrogen) atoms. The van der Waals surface area contributed by atoms with E-state index in [1.165, 1.54) is 16.9 Å². The molecule has 0 bridgehead atoms. The van der Waals surface area contributed by atoms with Gasteiger partial charge in [0.05, 0.1) is 6.26 Å². The number of hydrogen-bond acceptors (Lipinski definition) is 6. The summed E-state index contributed by atoms with van der Waals surface area (Å²) < 4.78 is 5.33. The molecule has 0 aliphatic carbocycles. The van der Waals surface area contributed by atoms with Crippen LogP contribution < -0.4 is 5.32 Å². The first-order valence-electron chi connectivity index (χ1n) is 8.98. The molecule has 0 saturated carbocycles. The van der Waals surface area contributed by atoms with Gasteiger partial charge in [0, 0.05) is 43.8 Å². The van der Waals surface area contributed by atoms with Crippen LogP contribution in [-0.4, -0.2) is 53.9 Å². The topological polar surface area (TPSA) is 61.6 Å². The Kier molecular flexibility index (Phi) is 5.33. The van der Waals surface area contributed by atoms with Crippen LogP contribution in [0.2, 0.25) is 0 Å². The third-order valence-corrected chi connectivity index (χ3v) is 5.51. The Morgan fingerprint density at radius 3 is 2.85 bits per heavy atom. The Hall–Kier alpha value is -2.48. The first kappa shape index (κ1) is 17.9. The number of hydrogen-bond donors (Lipinski definition) is 1. The summed E-state index contributed by atoms with van der Waals surface area (Å²) in [6, 6.07) is 11.7. The van der Waals surface area contributed by atoms with Gasteiger partial charge in [-0.2, -0.15) is 0 Å². The van der Waals surface area contributed by atoms with Gasteiger partial charge in [-0.25, -0.2) is 4.98 Å². The second-order valence-electron chi connectivity index (χ2n) is 6.75. The SMILES string of the molecule is CN1CCN(Cc2cccc(NC(=O)c3csc(-c4ccco4)n3)c2)CC1. The van der Waals surface area contributed by atoms with Crippen molar-refractivity contribution in [3.05, 3.63) is 59.3 Å². The number of piperazine rings is 1. The number of benzene rings is 1. The van der Waals surface area contributed by atoms with Crippen molar-refractivity contribution in [2.75, 3.05) is 38.5 Å². The van der Waals surface area contributed by atoms with Gasteiger partial charge in [-0.05, 0) is 36.9 Å². The number of rotatable bonds is 5. The Balaban J connectivity index is 1.40. The highest BCUT2D eigenvalue weighted by molar-refractivity contribution is 7.13. The van der Waals surface area contributed by atoms with Crippen molar-refractivity contribution in [3.63, 3.8) is 0 Å². The number of likely N-dealkylation sites (N-methyl/N-ethyl adjacent to an activating group) is 1. The second-order valence-corrected chi connectivity index (χ2v) is 7.61. The lowest BCUT2D eigenvalue weighted by Gasteiger charge is -2.32. The average molecular weight is 382 g/mol. The van der Waals surface area contributed by atoms with Crippen molar-refractivity contribution < 1.29 is 9.21 Å². The molecule has 1 aliphatic heterocycles. The molecule has 6 nitrogen and oxygen atoms in total. The Bertz CT molecular complexity index is 898. The minimum Gasteiger partial charge on any atom is -0.462 e. The van der Waals surface area contributed by atoms with E-state index in [1.807, 2.05) is 30.3 Å². The van der Waals surface area contributed by atoms with Gasteiger partial charge in [-0.3, -0.25) is 9.69 Å². The van der Waals surface area contributed by atoms with E-state index in [1.54, 1.807) is 11.6 Å². The van der Waals surface area contributed by atoms with Crippen molar-refractivity contribution in [2.24, 2.45) is 0 Å². The summed E-state index contributed by atoms with van der Waals surface area (Å²) in [6.45, 7) is 5.23. The van der Waals surface area contributed by atoms with E-state index >= 15 is 0 Å². The van der Waals surface area contributed by atoms with Crippen LogP contribution in [0.4, 0.5) is 5.69 Å². The average Bonchev–Trinajstić information content (AvgIpc) is 3.35. The molecule has 1 aromatic carbocycles. The predicted octanol–water partition coefficient (Wildman–Crippen LogP) is 3.40. The lowest BCUT2D eigenvalue weighted by molar-refractivity contribution is 0.102. The molecule has 7 heteroatoms. The van der Waals surface area contributed by atoms with Crippen molar-refractivity contribution in [1.29, 1.82) is 0 Å². The summed E-state index contributed by atoms with van der Waals surface area (Å²) in [4.78, 5) is 21.7. The van der Waals surface area contributed by atoms with Crippen molar-refractivity contribution >= 4 is 22.9 Å². The van der Waals surface area contributed by atoms with E-state index in [9.17, 15) is 4.79 Å². The Morgan fingerprint density at radius 1 is 1.22 bits per heavy atom. The molecule has 0 spiro atoms. The maximum atomic E-state index is 12.5. The molecule has 4 rings (SSSR count). The smallest absolute Gasteiger partial charge is 0.275 e. The zero-order chi connectivity index (χ0) is 18.6. The fraction of sp³-hybridized carbons (Fsp3) is 0.300. The number of aromatic nitrogens is 1. The van der Waals surface area contributed by atoms with Crippen LogP contribution in [0, 0.1) is 0 Å². The molecule has 0 unspecified atom stereocenters. The highest BCUT2D eigenvalue weighted by Gasteiger charge is 2.15. The van der Waals surface area contributed by atoms with Gasteiger partial charge in [-0.15, -0.1) is 11.3 Å². The molecule has 140 valence electrons. The van der Waals surface area contributed by atoms with E-state index < -0.39 is 0 Å². The van der Waals surface area contributed by atoms with Crippen molar-refractivity contribution in [2.45, 2.75) is 6.54 Å². The van der Waals surface area contributed by atoms with E-state index in [-0.39, 0.29) is 5.91 Å². The number of amides is 1. The summed E-state index contributed by atoms with van der Waals surface area (Å²) in [6.07, 6.45) is 1.60. The molecular formula is C20H22N4O2S. The molecular weight excluding hydrogens is 360 g/mol. The molecule has 3 heterocycles. The number of nitrogens with one attached hydrogen (secondary N) is 1. The Labute approximate surface area is 162 Å². The molecule has 3 aromatic rings. The van der Waals surface area contributed by atoms with E-state index in [0.29, 0.717) is 16.5 Å². The van der Waals surface area contributed by atoms with Crippen LogP contribution in [0.3, 0.4) is 0 Å². The van der Waals surface area contributed by atoms with Gasteiger partial charge in [0.1, 0.15) is 5.69 Å². The summed E-state index contributed by atoms with van der Waals surface area (Å²) in [7, 11) is 2.16. The molecule has 2 aromatic heterocycles. The molecule has 1 N–H and O–H groups in total. The largest absolute Gasteiger partial charge is 0.462 e. The van der Waals surface area contributed by atoms with Gasteiger partial charge in [-0.1, -0.05) is 12.1 Å². The predicted molar refractivity (Wildman–Crippen MR) is 107 cm³/mol. The molecule has 0 atom stereocenters. The number of furan rings is 1. The summed E-state index contributed by atoms with van der Waals surface area (Å²) in [5, 5.41) is 5.40. The lowest BCUT2D eigenvalue weighted by Crippen LogP contribution is -2.43. The van der Waals surface area contributed by atoms with Gasteiger partial charge in [0.25, 0.3) is 5.91 Å². The maximum absolute atomic E-state index is 12.5. The van der Waals surface area contributed by atoms with Crippen LogP contribution in [0.15, 0.2) is 52.5 Å². The van der Waals surface area contributed by atoms with Crippen molar-refractivity contribution in [1.82, 2.24) is 14.8 Å². The highest BCUT2D eigenvalue weighted by Crippen LogP contribution is 2.24. The van der Waals surface area contributed by atoms with Crippen molar-refractivity contribution in [3.8, 4) is 10.8 Å². The minimum atomic E-state index is -0.208. The lowest BCUT2D eigenvalue weighted by atomic mass is 10.1. The van der Waals surface area contributed by atoms with Gasteiger partial charge in [0.15, 0.2) is 10.8 Å². The fourth-order valence-electron chi connectivity index (χ4n) is 3.10. The van der Waals surface area contributed by atoms with E-state index in [2.05, 4.69) is 33.2 Å². The Morgan fingerprint density at radius 2 is 2.07 bits per heavy atom. The van der Waals surface area contributed by atoms with Gasteiger partial charge >= 0.3 is 0 Å². The zero-order valence-electron chi connectivity index (χ0n) is 15.2. The van der Waals surface area contributed by atoms with Crippen LogP contribution in [-0.2, 0) is 6.54 Å². The van der Waals surface area contributed by atoms with Crippen LogP contribution in [0.1, 0.15) is 16.1 Å². The zero-order valence-corrected chi connectivity index (χ0v) is 16.0. The number of nitrogens with zero attached hydrogens (tertiary/aromatic N) is 3. The van der Waals surface area contributed by atoms with E-state index in [4.69, 9.17) is 4.42 Å².